The van der Waals surface area contributed by atoms with Crippen molar-refractivity contribution in [3.8, 4) is 0 Å². The standard InChI is InChI=1S/C18H27N5O2S2.HI/c1-13-5-6-14(2)17(11-13)27(24,25)22-10-9-21-18(19-4)20-8-7-16-12-26-15(3)23-16;/h5-6,11-12,22H,7-10H2,1-4H3,(H2,19,20,21);1H. The first kappa shape index (κ1) is 24.8. The summed E-state index contributed by atoms with van der Waals surface area (Å²) in [7, 11) is -1.84. The van der Waals surface area contributed by atoms with Gasteiger partial charge in [-0.05, 0) is 38.0 Å². The van der Waals surface area contributed by atoms with Crippen LogP contribution in [0.2, 0.25) is 0 Å². The number of hydrogen-bond donors (Lipinski definition) is 3. The summed E-state index contributed by atoms with van der Waals surface area (Å²) in [5.41, 5.74) is 2.71. The second kappa shape index (κ2) is 11.7. The van der Waals surface area contributed by atoms with Crippen LogP contribution in [0.3, 0.4) is 0 Å². The van der Waals surface area contributed by atoms with E-state index in [4.69, 9.17) is 0 Å². The zero-order valence-electron chi connectivity index (χ0n) is 16.6. The molecule has 3 N–H and O–H groups in total. The van der Waals surface area contributed by atoms with Crippen LogP contribution in [0.25, 0.3) is 0 Å². The number of sulfonamides is 1. The van der Waals surface area contributed by atoms with E-state index in [2.05, 4.69) is 30.7 Å². The molecule has 1 aromatic carbocycles. The first-order chi connectivity index (χ1) is 12.8. The summed E-state index contributed by atoms with van der Waals surface area (Å²) in [6.07, 6.45) is 0.810. The highest BCUT2D eigenvalue weighted by atomic mass is 127. The maximum absolute atomic E-state index is 12.5. The van der Waals surface area contributed by atoms with Crippen LogP contribution >= 0.6 is 35.3 Å². The molecule has 0 radical (unpaired) electrons. The fourth-order valence-corrected chi connectivity index (χ4v) is 4.50. The average molecular weight is 537 g/mol. The molecule has 1 heterocycles. The number of benzene rings is 1. The SMILES string of the molecule is CN=C(NCCNS(=O)(=O)c1cc(C)ccc1C)NCCc1csc(C)n1.I. The smallest absolute Gasteiger partial charge is 0.240 e. The van der Waals surface area contributed by atoms with Crippen molar-refractivity contribution in [2.75, 3.05) is 26.7 Å². The highest BCUT2D eigenvalue weighted by Crippen LogP contribution is 2.16. The van der Waals surface area contributed by atoms with Crippen LogP contribution in [-0.4, -0.2) is 46.0 Å². The molecular weight excluding hydrogens is 509 g/mol. The van der Waals surface area contributed by atoms with Crippen LogP contribution in [-0.2, 0) is 16.4 Å². The van der Waals surface area contributed by atoms with Crippen molar-refractivity contribution >= 4 is 51.3 Å². The summed E-state index contributed by atoms with van der Waals surface area (Å²) in [6.45, 7) is 7.06. The number of thiazole rings is 1. The maximum Gasteiger partial charge on any atom is 0.240 e. The largest absolute Gasteiger partial charge is 0.356 e. The monoisotopic (exact) mass is 537 g/mol. The van der Waals surface area contributed by atoms with Crippen molar-refractivity contribution in [2.24, 2.45) is 4.99 Å². The molecule has 2 rings (SSSR count). The number of aryl methyl sites for hydroxylation is 3. The molecule has 7 nitrogen and oxygen atoms in total. The Kier molecular flexibility index (Phi) is 10.4. The van der Waals surface area contributed by atoms with Gasteiger partial charge in [-0.1, -0.05) is 12.1 Å². The van der Waals surface area contributed by atoms with Gasteiger partial charge in [0.1, 0.15) is 0 Å². The molecule has 1 aromatic heterocycles. The number of nitrogens with zero attached hydrogens (tertiary/aromatic N) is 2. The van der Waals surface area contributed by atoms with Gasteiger partial charge in [0.25, 0.3) is 0 Å². The van der Waals surface area contributed by atoms with Gasteiger partial charge in [-0.25, -0.2) is 18.1 Å². The van der Waals surface area contributed by atoms with Crippen molar-refractivity contribution < 1.29 is 8.42 Å². The van der Waals surface area contributed by atoms with E-state index in [1.54, 1.807) is 31.4 Å². The lowest BCUT2D eigenvalue weighted by Crippen LogP contribution is -2.42. The molecule has 156 valence electrons. The zero-order chi connectivity index (χ0) is 19.9. The third-order valence-corrected chi connectivity index (χ3v) is 6.33. The molecule has 0 aliphatic heterocycles. The molecule has 0 bridgehead atoms. The number of aliphatic imine (C=N–C) groups is 1. The third-order valence-electron chi connectivity index (χ3n) is 3.91. The molecule has 0 saturated carbocycles. The lowest BCUT2D eigenvalue weighted by molar-refractivity contribution is 0.579. The average Bonchev–Trinajstić information content (AvgIpc) is 3.04. The van der Waals surface area contributed by atoms with E-state index < -0.39 is 10.0 Å². The van der Waals surface area contributed by atoms with Crippen molar-refractivity contribution in [1.82, 2.24) is 20.3 Å². The predicted molar refractivity (Wildman–Crippen MR) is 126 cm³/mol. The molecule has 2 aromatic rings. The van der Waals surface area contributed by atoms with Gasteiger partial charge in [-0.2, -0.15) is 0 Å². The molecule has 10 heteroatoms. The summed E-state index contributed by atoms with van der Waals surface area (Å²) in [5, 5.41) is 9.41. The summed E-state index contributed by atoms with van der Waals surface area (Å²) in [4.78, 5) is 8.88. The molecule has 0 aliphatic rings. The molecule has 0 amide bonds. The fraction of sp³-hybridized carbons (Fsp3) is 0.444. The predicted octanol–water partition coefficient (Wildman–Crippen LogP) is 2.37. The second-order valence-corrected chi connectivity index (χ2v) is 9.00. The minimum atomic E-state index is -3.53. The van der Waals surface area contributed by atoms with Gasteiger partial charge in [0.2, 0.25) is 10.0 Å². The Morgan fingerprint density at radius 2 is 1.86 bits per heavy atom. The summed E-state index contributed by atoms with van der Waals surface area (Å²) < 4.78 is 27.5. The highest BCUT2D eigenvalue weighted by molar-refractivity contribution is 14.0. The molecule has 0 unspecified atom stereocenters. The van der Waals surface area contributed by atoms with Crippen molar-refractivity contribution in [2.45, 2.75) is 32.1 Å². The lowest BCUT2D eigenvalue weighted by Gasteiger charge is -2.13. The van der Waals surface area contributed by atoms with Crippen LogP contribution in [0, 0.1) is 20.8 Å². The van der Waals surface area contributed by atoms with Crippen LogP contribution in [0.4, 0.5) is 0 Å². The number of aromatic nitrogens is 1. The van der Waals surface area contributed by atoms with Gasteiger partial charge >= 0.3 is 0 Å². The summed E-state index contributed by atoms with van der Waals surface area (Å²) >= 11 is 1.64. The minimum absolute atomic E-state index is 0. The van der Waals surface area contributed by atoms with Gasteiger partial charge in [-0.15, -0.1) is 35.3 Å². The van der Waals surface area contributed by atoms with Crippen LogP contribution in [0.15, 0.2) is 33.5 Å². The molecule has 28 heavy (non-hydrogen) atoms. The number of nitrogens with one attached hydrogen (secondary N) is 3. The molecule has 0 fully saturated rings. The minimum Gasteiger partial charge on any atom is -0.356 e. The summed E-state index contributed by atoms with van der Waals surface area (Å²) in [6, 6.07) is 5.40. The van der Waals surface area contributed by atoms with Gasteiger partial charge in [0.05, 0.1) is 15.6 Å². The van der Waals surface area contributed by atoms with Crippen molar-refractivity contribution in [1.29, 1.82) is 0 Å². The quantitative estimate of drug-likeness (QED) is 0.208. The Morgan fingerprint density at radius 3 is 2.50 bits per heavy atom. The number of rotatable bonds is 8. The molecular formula is C18H28IN5O2S2. The van der Waals surface area contributed by atoms with Crippen LogP contribution in [0.5, 0.6) is 0 Å². The van der Waals surface area contributed by atoms with E-state index in [-0.39, 0.29) is 30.5 Å². The highest BCUT2D eigenvalue weighted by Gasteiger charge is 2.16. The summed E-state index contributed by atoms with van der Waals surface area (Å²) in [5.74, 6) is 0.632. The Labute approximate surface area is 188 Å². The van der Waals surface area contributed by atoms with Crippen molar-refractivity contribution in [3.05, 3.63) is 45.4 Å². The Balaban J connectivity index is 0.00000392. The second-order valence-electron chi connectivity index (χ2n) is 6.20. The number of guanidine groups is 1. The number of halogens is 1. The molecule has 0 saturated heterocycles. The van der Waals surface area contributed by atoms with Crippen LogP contribution < -0.4 is 15.4 Å². The van der Waals surface area contributed by atoms with Gasteiger partial charge in [0, 0.05) is 38.5 Å². The van der Waals surface area contributed by atoms with Gasteiger partial charge in [-0.3, -0.25) is 4.99 Å². The third kappa shape index (κ3) is 7.64. The molecule has 0 aliphatic carbocycles. The zero-order valence-corrected chi connectivity index (χ0v) is 20.5. The number of hydrogen-bond acceptors (Lipinski definition) is 5. The molecule has 0 atom stereocenters. The lowest BCUT2D eigenvalue weighted by atomic mass is 10.2. The topological polar surface area (TPSA) is 95.5 Å². The maximum atomic E-state index is 12.5. The van der Waals surface area contributed by atoms with E-state index in [0.717, 1.165) is 28.2 Å². The first-order valence-electron chi connectivity index (χ1n) is 8.74. The van der Waals surface area contributed by atoms with Gasteiger partial charge in [0.15, 0.2) is 5.96 Å². The van der Waals surface area contributed by atoms with E-state index >= 15 is 0 Å². The van der Waals surface area contributed by atoms with Crippen molar-refractivity contribution in [3.63, 3.8) is 0 Å². The first-order valence-corrected chi connectivity index (χ1v) is 11.1. The Hall–Kier alpha value is -1.24. The van der Waals surface area contributed by atoms with Crippen LogP contribution in [0.1, 0.15) is 21.8 Å². The van der Waals surface area contributed by atoms with E-state index in [9.17, 15) is 8.42 Å². The van der Waals surface area contributed by atoms with Gasteiger partial charge < -0.3 is 10.6 Å². The normalized spacial score (nSPS) is 11.8. The van der Waals surface area contributed by atoms with E-state index in [0.29, 0.717) is 23.9 Å². The fourth-order valence-electron chi connectivity index (χ4n) is 2.49. The Bertz CT molecular complexity index is 897. The molecule has 0 spiro atoms. The Morgan fingerprint density at radius 1 is 1.14 bits per heavy atom. The van der Waals surface area contributed by atoms with E-state index in [1.807, 2.05) is 26.0 Å². The van der Waals surface area contributed by atoms with E-state index in [1.165, 1.54) is 0 Å².